The minimum absolute atomic E-state index is 0.00325. The van der Waals surface area contributed by atoms with E-state index in [4.69, 9.17) is 18.6 Å². The van der Waals surface area contributed by atoms with Crippen LogP contribution in [0.2, 0.25) is 0 Å². The van der Waals surface area contributed by atoms with Gasteiger partial charge in [0.1, 0.15) is 23.7 Å². The van der Waals surface area contributed by atoms with E-state index in [1.165, 1.54) is 42.5 Å². The summed E-state index contributed by atoms with van der Waals surface area (Å²) in [6, 6.07) is 17.9. The summed E-state index contributed by atoms with van der Waals surface area (Å²) in [4.78, 5) is 45.9. The Hall–Kier alpha value is -4.99. The van der Waals surface area contributed by atoms with Gasteiger partial charge >= 0.3 is 17.8 Å². The van der Waals surface area contributed by atoms with Gasteiger partial charge in [0.05, 0.1) is 11.3 Å². The Morgan fingerprint density at radius 3 is 2.14 bits per heavy atom. The third-order valence-corrected chi connectivity index (χ3v) is 5.14. The van der Waals surface area contributed by atoms with Gasteiger partial charge in [-0.1, -0.05) is 24.3 Å². The van der Waals surface area contributed by atoms with Crippen LogP contribution in [0.15, 0.2) is 82.0 Å². The molecule has 10 nitrogen and oxygen atoms in total. The molecule has 0 fully saturated rings. The second-order valence-electron chi connectivity index (χ2n) is 7.77. The number of nitro benzene ring substituents is 1. The summed E-state index contributed by atoms with van der Waals surface area (Å²) in [5.74, 6) is -0.167. The molecule has 182 valence electrons. The highest BCUT2D eigenvalue weighted by molar-refractivity contribution is 5.82. The van der Waals surface area contributed by atoms with Crippen LogP contribution in [0.25, 0.3) is 11.0 Å². The van der Waals surface area contributed by atoms with Crippen LogP contribution in [0.3, 0.4) is 0 Å². The molecule has 36 heavy (non-hydrogen) atoms. The summed E-state index contributed by atoms with van der Waals surface area (Å²) in [6.45, 7) is 1.82. The Kier molecular flexibility index (Phi) is 7.05. The average molecular weight is 489 g/mol. The first-order valence-electron chi connectivity index (χ1n) is 10.7. The van der Waals surface area contributed by atoms with E-state index < -0.39 is 22.7 Å². The fraction of sp³-hybridized carbons (Fsp3) is 0.115. The van der Waals surface area contributed by atoms with Gasteiger partial charge in [0, 0.05) is 23.6 Å². The zero-order chi connectivity index (χ0) is 25.7. The monoisotopic (exact) mass is 489 g/mol. The van der Waals surface area contributed by atoms with Crippen LogP contribution < -0.4 is 15.1 Å². The molecule has 3 aromatic carbocycles. The third-order valence-electron chi connectivity index (χ3n) is 5.14. The topological polar surface area (TPSA) is 135 Å². The fourth-order valence-corrected chi connectivity index (χ4v) is 3.36. The van der Waals surface area contributed by atoms with E-state index in [1.54, 1.807) is 30.3 Å². The van der Waals surface area contributed by atoms with Gasteiger partial charge in [0.2, 0.25) is 0 Å². The number of aryl methyl sites for hydroxylation is 1. The fourth-order valence-electron chi connectivity index (χ4n) is 3.36. The minimum atomic E-state index is -1.01. The molecule has 0 bridgehead atoms. The van der Waals surface area contributed by atoms with Crippen LogP contribution in [0.5, 0.6) is 11.5 Å². The first-order valence-corrected chi connectivity index (χ1v) is 10.7. The van der Waals surface area contributed by atoms with Crippen LogP contribution >= 0.6 is 0 Å². The highest BCUT2D eigenvalue weighted by Gasteiger charge is 2.12. The van der Waals surface area contributed by atoms with Crippen LogP contribution in [0, 0.1) is 17.0 Å². The van der Waals surface area contributed by atoms with Gasteiger partial charge in [-0.15, -0.1) is 0 Å². The van der Waals surface area contributed by atoms with Crippen LogP contribution in [-0.2, 0) is 22.6 Å². The smallest absolute Gasteiger partial charge is 0.461 e. The highest BCUT2D eigenvalue weighted by atomic mass is 16.7. The first-order chi connectivity index (χ1) is 17.3. The van der Waals surface area contributed by atoms with Crippen molar-refractivity contribution in [2.45, 2.75) is 20.0 Å². The minimum Gasteiger partial charge on any atom is -0.461 e. The second-order valence-corrected chi connectivity index (χ2v) is 7.77. The Morgan fingerprint density at radius 1 is 0.889 bits per heavy atom. The number of hydrogen-bond donors (Lipinski definition) is 0. The van der Waals surface area contributed by atoms with Crippen molar-refractivity contribution >= 4 is 28.8 Å². The van der Waals surface area contributed by atoms with Crippen molar-refractivity contribution in [3.8, 4) is 11.5 Å². The Morgan fingerprint density at radius 2 is 1.50 bits per heavy atom. The lowest BCUT2D eigenvalue weighted by atomic mass is 10.1. The lowest BCUT2D eigenvalue weighted by Crippen LogP contribution is -2.13. The van der Waals surface area contributed by atoms with E-state index >= 15 is 0 Å². The molecule has 4 rings (SSSR count). The molecule has 0 aliphatic heterocycles. The van der Waals surface area contributed by atoms with Crippen LogP contribution in [0.4, 0.5) is 10.5 Å². The predicted octanol–water partition coefficient (Wildman–Crippen LogP) is 4.87. The number of nitro groups is 1. The number of esters is 1. The summed E-state index contributed by atoms with van der Waals surface area (Å²) in [7, 11) is 0. The maximum atomic E-state index is 12.3. The molecule has 0 saturated heterocycles. The Bertz CT molecular complexity index is 1490. The second kappa shape index (κ2) is 10.5. The summed E-state index contributed by atoms with van der Waals surface area (Å²) in [6.07, 6.45) is -1.01. The quantitative estimate of drug-likeness (QED) is 0.117. The lowest BCUT2D eigenvalue weighted by molar-refractivity contribution is -0.384. The number of hydrogen-bond acceptors (Lipinski definition) is 9. The van der Waals surface area contributed by atoms with Crippen molar-refractivity contribution in [1.29, 1.82) is 0 Å². The maximum absolute atomic E-state index is 12.3. The number of fused-ring (bicyclic) bond motifs is 1. The van der Waals surface area contributed by atoms with Gasteiger partial charge in [-0.05, 0) is 53.9 Å². The molecule has 0 spiro atoms. The van der Waals surface area contributed by atoms with Gasteiger partial charge in [-0.3, -0.25) is 14.9 Å². The van der Waals surface area contributed by atoms with Gasteiger partial charge in [0.25, 0.3) is 5.69 Å². The van der Waals surface area contributed by atoms with Crippen molar-refractivity contribution in [1.82, 2.24) is 0 Å². The molecule has 1 heterocycles. The SMILES string of the molecule is Cc1cc(=O)oc2cc(CC(=O)OCc3ccc(OC(=O)Oc4ccc([N+](=O)[O-])cc4)cc3)ccc12. The molecule has 1 aromatic heterocycles. The van der Waals surface area contributed by atoms with E-state index in [2.05, 4.69) is 0 Å². The van der Waals surface area contributed by atoms with E-state index in [0.717, 1.165) is 10.9 Å². The molecule has 0 N–H and O–H groups in total. The van der Waals surface area contributed by atoms with Gasteiger partial charge < -0.3 is 18.6 Å². The number of nitrogens with zero attached hydrogens (tertiary/aromatic N) is 1. The molecule has 4 aromatic rings. The summed E-state index contributed by atoms with van der Waals surface area (Å²) >= 11 is 0. The van der Waals surface area contributed by atoms with E-state index in [1.807, 2.05) is 6.92 Å². The molecule has 0 saturated carbocycles. The van der Waals surface area contributed by atoms with E-state index in [0.29, 0.717) is 16.7 Å². The van der Waals surface area contributed by atoms with Crippen molar-refractivity contribution < 1.29 is 33.1 Å². The van der Waals surface area contributed by atoms with E-state index in [9.17, 15) is 24.5 Å². The first kappa shape index (κ1) is 24.1. The van der Waals surface area contributed by atoms with Gasteiger partial charge in [-0.25, -0.2) is 9.59 Å². The average Bonchev–Trinajstić information content (AvgIpc) is 2.83. The van der Waals surface area contributed by atoms with Crippen molar-refractivity contribution in [3.63, 3.8) is 0 Å². The van der Waals surface area contributed by atoms with Crippen LogP contribution in [-0.4, -0.2) is 17.0 Å². The zero-order valence-corrected chi connectivity index (χ0v) is 19.0. The van der Waals surface area contributed by atoms with E-state index in [-0.39, 0.29) is 30.2 Å². The van der Waals surface area contributed by atoms with Crippen molar-refractivity contribution in [3.05, 3.63) is 110 Å². The van der Waals surface area contributed by atoms with Gasteiger partial charge in [0.15, 0.2) is 0 Å². The zero-order valence-electron chi connectivity index (χ0n) is 19.0. The Balaban J connectivity index is 1.27. The lowest BCUT2D eigenvalue weighted by Gasteiger charge is -2.08. The molecule has 0 aliphatic rings. The third kappa shape index (κ3) is 6.11. The van der Waals surface area contributed by atoms with Crippen LogP contribution in [0.1, 0.15) is 16.7 Å². The molecule has 10 heteroatoms. The predicted molar refractivity (Wildman–Crippen MR) is 127 cm³/mol. The molecule has 0 atom stereocenters. The normalized spacial score (nSPS) is 10.6. The number of carbonyl (C=O) groups is 2. The number of non-ortho nitro benzene ring substituents is 1. The largest absolute Gasteiger partial charge is 0.519 e. The molecular formula is C26H19NO9. The standard InChI is InChI=1S/C26H19NO9/c1-16-12-25(29)36-23-13-18(4-11-22(16)23)14-24(28)33-15-17-2-7-20(8-3-17)34-26(30)35-21-9-5-19(6-10-21)27(31)32/h2-13H,14-15H2,1H3. The van der Waals surface area contributed by atoms with Gasteiger partial charge in [-0.2, -0.15) is 0 Å². The molecular weight excluding hydrogens is 470 g/mol. The highest BCUT2D eigenvalue weighted by Crippen LogP contribution is 2.20. The molecule has 0 amide bonds. The molecule has 0 unspecified atom stereocenters. The number of benzene rings is 3. The van der Waals surface area contributed by atoms with Crippen molar-refractivity contribution in [2.75, 3.05) is 0 Å². The number of carbonyl (C=O) groups excluding carboxylic acids is 2. The summed E-state index contributed by atoms with van der Waals surface area (Å²) in [5, 5.41) is 11.5. The molecule has 0 aliphatic carbocycles. The molecule has 0 radical (unpaired) electrons. The number of rotatable bonds is 7. The summed E-state index contributed by atoms with van der Waals surface area (Å²) in [5.41, 5.74) is 1.94. The number of ether oxygens (including phenoxy) is 3. The van der Waals surface area contributed by atoms with Crippen molar-refractivity contribution in [2.24, 2.45) is 0 Å². The maximum Gasteiger partial charge on any atom is 0.519 e. The summed E-state index contributed by atoms with van der Waals surface area (Å²) < 4.78 is 20.6. The Labute approximate surface area is 203 Å².